The molecular formula is C11H20O5S2. The molecule has 1 aliphatic rings. The van der Waals surface area contributed by atoms with Gasteiger partial charge in [0, 0.05) is 12.2 Å². The molecule has 18 heavy (non-hydrogen) atoms. The summed E-state index contributed by atoms with van der Waals surface area (Å²) in [7, 11) is -6.37. The molecule has 0 amide bonds. The maximum absolute atomic E-state index is 11.8. The zero-order chi connectivity index (χ0) is 13.8. The molecule has 1 aliphatic heterocycles. The van der Waals surface area contributed by atoms with E-state index in [4.69, 9.17) is 0 Å². The lowest BCUT2D eigenvalue weighted by atomic mass is 10.1. The van der Waals surface area contributed by atoms with Gasteiger partial charge in [0.05, 0.1) is 11.5 Å². The van der Waals surface area contributed by atoms with E-state index in [1.807, 2.05) is 0 Å². The summed E-state index contributed by atoms with van der Waals surface area (Å²) >= 11 is 0. The molecule has 1 unspecified atom stereocenters. The van der Waals surface area contributed by atoms with Crippen LogP contribution in [0.25, 0.3) is 0 Å². The Morgan fingerprint density at radius 3 is 2.50 bits per heavy atom. The van der Waals surface area contributed by atoms with Crippen molar-refractivity contribution < 1.29 is 21.6 Å². The summed E-state index contributed by atoms with van der Waals surface area (Å²) in [5.74, 6) is -0.220. The zero-order valence-electron chi connectivity index (χ0n) is 10.6. The highest BCUT2D eigenvalue weighted by Gasteiger charge is 2.34. The van der Waals surface area contributed by atoms with Crippen LogP contribution < -0.4 is 0 Å². The van der Waals surface area contributed by atoms with Crippen molar-refractivity contribution in [3.8, 4) is 0 Å². The molecule has 1 saturated heterocycles. The highest BCUT2D eigenvalue weighted by atomic mass is 32.2. The Morgan fingerprint density at radius 2 is 1.94 bits per heavy atom. The number of carbonyl (C=O) groups excluding carboxylic acids is 1. The Kier molecular flexibility index (Phi) is 5.33. The fourth-order valence-corrected chi connectivity index (χ4v) is 4.90. The molecule has 0 N–H and O–H groups in total. The van der Waals surface area contributed by atoms with Gasteiger partial charge in [-0.1, -0.05) is 13.3 Å². The number of rotatable bonds is 6. The fraction of sp³-hybridized carbons (Fsp3) is 0.909. The van der Waals surface area contributed by atoms with Gasteiger partial charge in [-0.3, -0.25) is 4.79 Å². The maximum atomic E-state index is 11.8. The van der Waals surface area contributed by atoms with Gasteiger partial charge in [-0.05, 0) is 19.3 Å². The lowest BCUT2D eigenvalue weighted by Gasteiger charge is -2.20. The highest BCUT2D eigenvalue weighted by molar-refractivity contribution is 7.92. The molecule has 0 aromatic rings. The summed E-state index contributed by atoms with van der Waals surface area (Å²) < 4.78 is 45.9. The molecule has 106 valence electrons. The lowest BCUT2D eigenvalue weighted by Crippen LogP contribution is -2.35. The van der Waals surface area contributed by atoms with Crippen molar-refractivity contribution in [1.82, 2.24) is 0 Å². The Hall–Kier alpha value is -0.430. The van der Waals surface area contributed by atoms with Crippen LogP contribution in [0.3, 0.4) is 0 Å². The summed E-state index contributed by atoms with van der Waals surface area (Å²) in [4.78, 5) is 11.8. The van der Waals surface area contributed by atoms with Crippen LogP contribution in [0.15, 0.2) is 0 Å². The maximum Gasteiger partial charge on any atom is 0.160 e. The third-order valence-electron chi connectivity index (χ3n) is 3.26. The summed E-state index contributed by atoms with van der Waals surface area (Å²) in [5, 5.41) is -0.893. The molecular weight excluding hydrogens is 276 g/mol. The van der Waals surface area contributed by atoms with Gasteiger partial charge in [0.1, 0.15) is 15.1 Å². The van der Waals surface area contributed by atoms with Gasteiger partial charge < -0.3 is 0 Å². The smallest absolute Gasteiger partial charge is 0.160 e. The van der Waals surface area contributed by atoms with Gasteiger partial charge in [-0.2, -0.15) is 0 Å². The SMILES string of the molecule is CCS(=O)(=O)CCCC(=O)C1CCCCS1(=O)=O. The van der Waals surface area contributed by atoms with E-state index in [1.165, 1.54) is 0 Å². The number of hydrogen-bond donors (Lipinski definition) is 0. The van der Waals surface area contributed by atoms with Gasteiger partial charge in [0.2, 0.25) is 0 Å². The average molecular weight is 296 g/mol. The van der Waals surface area contributed by atoms with Crippen molar-refractivity contribution in [1.29, 1.82) is 0 Å². The Labute approximate surface area is 109 Å². The summed E-state index contributed by atoms with van der Waals surface area (Å²) in [6.07, 6.45) is 2.03. The van der Waals surface area contributed by atoms with E-state index < -0.39 is 24.9 Å². The average Bonchev–Trinajstić information content (AvgIpc) is 2.28. The van der Waals surface area contributed by atoms with E-state index in [0.717, 1.165) is 6.42 Å². The standard InChI is InChI=1S/C11H20O5S2/c1-2-17(13,14)8-5-6-10(12)11-7-3-4-9-18(11,15)16/h11H,2-9H2,1H3. The summed E-state index contributed by atoms with van der Waals surface area (Å²) in [6, 6.07) is 0. The number of carbonyl (C=O) groups is 1. The zero-order valence-corrected chi connectivity index (χ0v) is 12.2. The van der Waals surface area contributed by atoms with Gasteiger partial charge in [0.15, 0.2) is 15.6 Å². The van der Waals surface area contributed by atoms with Crippen LogP contribution in [0, 0.1) is 0 Å². The van der Waals surface area contributed by atoms with Crippen molar-refractivity contribution in [3.05, 3.63) is 0 Å². The molecule has 5 nitrogen and oxygen atoms in total. The molecule has 0 aromatic heterocycles. The van der Waals surface area contributed by atoms with Gasteiger partial charge in [-0.15, -0.1) is 0 Å². The van der Waals surface area contributed by atoms with Crippen LogP contribution in [0.5, 0.6) is 0 Å². The first-order valence-electron chi connectivity index (χ1n) is 6.23. The van der Waals surface area contributed by atoms with Crippen LogP contribution in [-0.4, -0.2) is 45.1 Å². The largest absolute Gasteiger partial charge is 0.298 e. The van der Waals surface area contributed by atoms with Crippen molar-refractivity contribution in [2.75, 3.05) is 17.3 Å². The van der Waals surface area contributed by atoms with Crippen molar-refractivity contribution >= 4 is 25.5 Å². The molecule has 1 fully saturated rings. The molecule has 0 saturated carbocycles. The molecule has 0 bridgehead atoms. The molecule has 1 atom stereocenters. The van der Waals surface area contributed by atoms with Crippen molar-refractivity contribution in [2.24, 2.45) is 0 Å². The van der Waals surface area contributed by atoms with Crippen molar-refractivity contribution in [3.63, 3.8) is 0 Å². The summed E-state index contributed by atoms with van der Waals surface area (Å²) in [6.45, 7) is 1.56. The lowest BCUT2D eigenvalue weighted by molar-refractivity contribution is -0.118. The first-order chi connectivity index (χ1) is 8.28. The second-order valence-electron chi connectivity index (χ2n) is 4.66. The van der Waals surface area contributed by atoms with Crippen LogP contribution in [-0.2, 0) is 24.5 Å². The molecule has 0 aromatic carbocycles. The molecule has 0 radical (unpaired) electrons. The van der Waals surface area contributed by atoms with Crippen LogP contribution >= 0.6 is 0 Å². The highest BCUT2D eigenvalue weighted by Crippen LogP contribution is 2.21. The third-order valence-corrected chi connectivity index (χ3v) is 7.27. The normalized spacial score (nSPS) is 23.7. The Morgan fingerprint density at radius 1 is 1.28 bits per heavy atom. The predicted octanol–water partition coefficient (Wildman–Crippen LogP) is 0.738. The van der Waals surface area contributed by atoms with Gasteiger partial charge >= 0.3 is 0 Å². The molecule has 0 aliphatic carbocycles. The van der Waals surface area contributed by atoms with E-state index in [9.17, 15) is 21.6 Å². The van der Waals surface area contributed by atoms with E-state index in [2.05, 4.69) is 0 Å². The van der Waals surface area contributed by atoms with E-state index in [0.29, 0.717) is 12.8 Å². The second-order valence-corrected chi connectivity index (χ2v) is 9.43. The van der Waals surface area contributed by atoms with Crippen LogP contribution in [0.2, 0.25) is 0 Å². The van der Waals surface area contributed by atoms with E-state index in [1.54, 1.807) is 6.92 Å². The topological polar surface area (TPSA) is 85.3 Å². The Bertz CT molecular complexity index is 490. The first-order valence-corrected chi connectivity index (χ1v) is 9.77. The minimum atomic E-state index is -3.29. The van der Waals surface area contributed by atoms with Gasteiger partial charge in [0.25, 0.3) is 0 Å². The molecule has 1 rings (SSSR count). The molecule has 7 heteroatoms. The first kappa shape index (κ1) is 15.6. The van der Waals surface area contributed by atoms with E-state index >= 15 is 0 Å². The summed E-state index contributed by atoms with van der Waals surface area (Å²) in [5.41, 5.74) is 0. The molecule has 0 spiro atoms. The number of sulfone groups is 2. The van der Waals surface area contributed by atoms with Crippen LogP contribution in [0.1, 0.15) is 39.0 Å². The number of Topliss-reactive ketones (excluding diaryl/α,β-unsaturated/α-hetero) is 1. The predicted molar refractivity (Wildman–Crippen MR) is 70.0 cm³/mol. The quantitative estimate of drug-likeness (QED) is 0.721. The van der Waals surface area contributed by atoms with Crippen molar-refractivity contribution in [2.45, 2.75) is 44.3 Å². The van der Waals surface area contributed by atoms with Gasteiger partial charge in [-0.25, -0.2) is 16.8 Å². The monoisotopic (exact) mass is 296 g/mol. The second kappa shape index (κ2) is 6.14. The minimum absolute atomic E-state index is 0.0397. The minimum Gasteiger partial charge on any atom is -0.298 e. The number of hydrogen-bond acceptors (Lipinski definition) is 5. The molecule has 1 heterocycles. The fourth-order valence-electron chi connectivity index (χ4n) is 2.09. The number of ketones is 1. The van der Waals surface area contributed by atoms with E-state index in [-0.39, 0.29) is 35.9 Å². The van der Waals surface area contributed by atoms with Crippen LogP contribution in [0.4, 0.5) is 0 Å². The Balaban J connectivity index is 2.51. The third kappa shape index (κ3) is 4.35.